The van der Waals surface area contributed by atoms with Crippen molar-refractivity contribution in [2.24, 2.45) is 22.7 Å². The molecule has 6 aliphatic rings. The quantitative estimate of drug-likeness (QED) is 0.585. The van der Waals surface area contributed by atoms with Crippen LogP contribution in [0.2, 0.25) is 0 Å². The summed E-state index contributed by atoms with van der Waals surface area (Å²) in [5.41, 5.74) is 0.429. The molecule has 3 aliphatic heterocycles. The number of aliphatic hydroxyl groups excluding tert-OH is 1. The second-order valence-electron chi connectivity index (χ2n) is 11.5. The smallest absolute Gasteiger partial charge is 0.345 e. The monoisotopic (exact) mass is 466 g/mol. The molecule has 2 saturated heterocycles. The molecule has 0 bridgehead atoms. The van der Waals surface area contributed by atoms with Gasteiger partial charge < -0.3 is 23.7 Å². The van der Waals surface area contributed by atoms with Gasteiger partial charge >= 0.3 is 5.63 Å². The summed E-state index contributed by atoms with van der Waals surface area (Å²) in [5, 5.41) is 11.7. The summed E-state index contributed by atoms with van der Waals surface area (Å²) in [6, 6.07) is 0. The highest BCUT2D eigenvalue weighted by Crippen LogP contribution is 2.77. The van der Waals surface area contributed by atoms with E-state index in [-0.39, 0.29) is 35.2 Å². The molecule has 34 heavy (non-hydrogen) atoms. The number of hydrogen-bond donors (Lipinski definition) is 1. The van der Waals surface area contributed by atoms with Crippen LogP contribution in [0.4, 0.5) is 0 Å². The number of aliphatic hydroxyl groups is 1. The Balaban J connectivity index is 1.50. The third-order valence-electron chi connectivity index (χ3n) is 10.4. The zero-order chi connectivity index (χ0) is 23.9. The molecule has 1 saturated carbocycles. The van der Waals surface area contributed by atoms with E-state index in [0.29, 0.717) is 29.9 Å². The van der Waals surface area contributed by atoms with Crippen molar-refractivity contribution in [2.75, 3.05) is 0 Å². The molecule has 7 rings (SSSR count). The standard InChI is InChI=1S/C27H30O7/c1-11-8-15(28)10-18-25(5)16(11)6-7-26-21(25)17(32-18)9-12(2)27(26)22(33-24(26)30)19-20(34-27)13(3)14(4)31-23(19)29/h8-9,16-18,21-22,24,30H,6-7,10H2,1-5H3/t16-,17-,18-,21+,22?,24-,25+,26?,27?/m0/s1. The van der Waals surface area contributed by atoms with E-state index in [1.165, 1.54) is 0 Å². The number of allylic oxidation sites excluding steroid dienone is 2. The van der Waals surface area contributed by atoms with Crippen LogP contribution >= 0.6 is 0 Å². The summed E-state index contributed by atoms with van der Waals surface area (Å²) >= 11 is 0. The average Bonchev–Trinajstić information content (AvgIpc) is 3.30. The molecular weight excluding hydrogens is 436 g/mol. The predicted octanol–water partition coefficient (Wildman–Crippen LogP) is 3.44. The van der Waals surface area contributed by atoms with Crippen LogP contribution < -0.4 is 10.4 Å². The lowest BCUT2D eigenvalue weighted by Gasteiger charge is -2.61. The van der Waals surface area contributed by atoms with E-state index >= 15 is 0 Å². The van der Waals surface area contributed by atoms with Gasteiger partial charge in [-0.25, -0.2) is 4.79 Å². The molecule has 0 aromatic carbocycles. The van der Waals surface area contributed by atoms with Crippen molar-refractivity contribution in [1.29, 1.82) is 0 Å². The summed E-state index contributed by atoms with van der Waals surface area (Å²) in [5.74, 6) is 1.16. The number of carbonyl (C=O) groups is 1. The molecule has 0 amide bonds. The Morgan fingerprint density at radius 1 is 1.12 bits per heavy atom. The molecule has 2 spiro atoms. The second-order valence-corrected chi connectivity index (χ2v) is 11.5. The SMILES string of the molecule is CC1=CC(=O)C[C@@H]2O[C@H]3C=C(C)C45Oc6c(C)c(C)oc(=O)c6C4O[C@H](O)C54CC[C@@H]1[C@@]2(C)[C@@H]34. The molecule has 7 nitrogen and oxygen atoms in total. The van der Waals surface area contributed by atoms with Crippen molar-refractivity contribution in [2.45, 2.75) is 84.1 Å². The van der Waals surface area contributed by atoms with Crippen molar-refractivity contribution in [1.82, 2.24) is 0 Å². The van der Waals surface area contributed by atoms with Gasteiger partial charge in [0.05, 0.1) is 17.6 Å². The van der Waals surface area contributed by atoms with Gasteiger partial charge in [-0.15, -0.1) is 0 Å². The fraction of sp³-hybridized carbons (Fsp3) is 0.630. The van der Waals surface area contributed by atoms with Crippen LogP contribution in [0.1, 0.15) is 63.0 Å². The Hall–Kier alpha value is -2.22. The van der Waals surface area contributed by atoms with Gasteiger partial charge in [-0.2, -0.15) is 0 Å². The van der Waals surface area contributed by atoms with Crippen LogP contribution in [0.15, 0.2) is 32.5 Å². The fourth-order valence-corrected chi connectivity index (χ4v) is 8.98. The second kappa shape index (κ2) is 6.12. The van der Waals surface area contributed by atoms with Gasteiger partial charge in [-0.3, -0.25) is 4.79 Å². The van der Waals surface area contributed by atoms with Gasteiger partial charge in [0.2, 0.25) is 0 Å². The van der Waals surface area contributed by atoms with Crippen LogP contribution in [-0.2, 0) is 14.3 Å². The first-order valence-electron chi connectivity index (χ1n) is 12.3. The summed E-state index contributed by atoms with van der Waals surface area (Å²) < 4.78 is 25.4. The van der Waals surface area contributed by atoms with Crippen LogP contribution in [-0.4, -0.2) is 35.0 Å². The molecule has 180 valence electrons. The summed E-state index contributed by atoms with van der Waals surface area (Å²) in [4.78, 5) is 25.8. The van der Waals surface area contributed by atoms with Gasteiger partial charge in [-0.05, 0) is 58.1 Å². The highest BCUT2D eigenvalue weighted by atomic mass is 16.7. The average molecular weight is 467 g/mol. The molecule has 4 heterocycles. The molecule has 3 aliphatic carbocycles. The van der Waals surface area contributed by atoms with Crippen molar-refractivity contribution >= 4 is 5.78 Å². The number of fused-ring (bicyclic) bond motifs is 2. The van der Waals surface area contributed by atoms with Gasteiger partial charge in [0, 0.05) is 23.3 Å². The van der Waals surface area contributed by atoms with E-state index in [4.69, 9.17) is 18.6 Å². The van der Waals surface area contributed by atoms with Crippen LogP contribution in [0.3, 0.4) is 0 Å². The van der Waals surface area contributed by atoms with Crippen molar-refractivity contribution in [3.05, 3.63) is 50.6 Å². The largest absolute Gasteiger partial charge is 0.478 e. The van der Waals surface area contributed by atoms with Crippen LogP contribution in [0, 0.1) is 36.5 Å². The summed E-state index contributed by atoms with van der Waals surface area (Å²) in [6.07, 6.45) is 3.23. The number of hydrogen-bond acceptors (Lipinski definition) is 7. The highest BCUT2D eigenvalue weighted by molar-refractivity contribution is 5.91. The molecule has 3 fully saturated rings. The Morgan fingerprint density at radius 3 is 2.65 bits per heavy atom. The third-order valence-corrected chi connectivity index (χ3v) is 10.4. The maximum absolute atomic E-state index is 13.1. The molecule has 1 aromatic rings. The third kappa shape index (κ3) is 1.97. The number of aryl methyl sites for hydroxylation is 1. The molecule has 0 radical (unpaired) electrons. The zero-order valence-corrected chi connectivity index (χ0v) is 20.1. The predicted molar refractivity (Wildman–Crippen MR) is 120 cm³/mol. The van der Waals surface area contributed by atoms with Crippen LogP contribution in [0.25, 0.3) is 0 Å². The topological polar surface area (TPSA) is 95.2 Å². The highest BCUT2D eigenvalue weighted by Gasteiger charge is 2.83. The van der Waals surface area contributed by atoms with E-state index in [1.54, 1.807) is 13.0 Å². The maximum Gasteiger partial charge on any atom is 0.345 e. The number of carbonyl (C=O) groups excluding carboxylic acids is 1. The van der Waals surface area contributed by atoms with Gasteiger partial charge in [0.25, 0.3) is 0 Å². The van der Waals surface area contributed by atoms with E-state index < -0.39 is 29.0 Å². The normalized spacial score (nSPS) is 47.6. The van der Waals surface area contributed by atoms with Gasteiger partial charge in [0.15, 0.2) is 17.7 Å². The molecule has 1 aromatic heterocycles. The Bertz CT molecular complexity index is 1290. The molecule has 3 unspecified atom stereocenters. The first-order valence-corrected chi connectivity index (χ1v) is 12.3. The van der Waals surface area contributed by atoms with E-state index in [2.05, 4.69) is 13.0 Å². The van der Waals surface area contributed by atoms with Gasteiger partial charge in [0.1, 0.15) is 23.2 Å². The fourth-order valence-electron chi connectivity index (χ4n) is 8.98. The minimum atomic E-state index is -1.13. The minimum Gasteiger partial charge on any atom is -0.478 e. The summed E-state index contributed by atoms with van der Waals surface area (Å²) in [6.45, 7) is 9.91. The lowest BCUT2D eigenvalue weighted by Crippen LogP contribution is -2.67. The molecule has 7 heteroatoms. The summed E-state index contributed by atoms with van der Waals surface area (Å²) in [7, 11) is 0. The van der Waals surface area contributed by atoms with Crippen molar-refractivity contribution in [3.63, 3.8) is 0 Å². The van der Waals surface area contributed by atoms with E-state index in [0.717, 1.165) is 23.1 Å². The number of ketones is 1. The molecular formula is C27H30O7. The van der Waals surface area contributed by atoms with E-state index in [1.807, 2.05) is 20.8 Å². The van der Waals surface area contributed by atoms with Crippen molar-refractivity contribution in [3.8, 4) is 5.75 Å². The maximum atomic E-state index is 13.1. The zero-order valence-electron chi connectivity index (χ0n) is 20.1. The van der Waals surface area contributed by atoms with Crippen LogP contribution in [0.5, 0.6) is 5.75 Å². The first-order chi connectivity index (χ1) is 16.1. The lowest BCUT2D eigenvalue weighted by atomic mass is 9.42. The lowest BCUT2D eigenvalue weighted by molar-refractivity contribution is -0.205. The Labute approximate surface area is 197 Å². The first kappa shape index (κ1) is 21.1. The van der Waals surface area contributed by atoms with Crippen molar-refractivity contribution < 1.29 is 28.5 Å². The minimum absolute atomic E-state index is 0.0931. The number of rotatable bonds is 0. The van der Waals surface area contributed by atoms with E-state index in [9.17, 15) is 14.7 Å². The Kier molecular flexibility index (Phi) is 3.80. The number of ether oxygens (including phenoxy) is 3. The molecule has 1 N–H and O–H groups in total. The molecule has 9 atom stereocenters. The van der Waals surface area contributed by atoms with Gasteiger partial charge in [-0.1, -0.05) is 18.6 Å². The Morgan fingerprint density at radius 2 is 1.88 bits per heavy atom.